The lowest BCUT2D eigenvalue weighted by atomic mass is 9.93. The van der Waals surface area contributed by atoms with E-state index in [1.165, 1.54) is 6.92 Å². The van der Waals surface area contributed by atoms with Crippen molar-refractivity contribution < 1.29 is 20.1 Å². The first kappa shape index (κ1) is 15.7. The van der Waals surface area contributed by atoms with Crippen LogP contribution in [0.2, 0.25) is 0 Å². The second-order valence-corrected chi connectivity index (χ2v) is 4.78. The predicted octanol–water partition coefficient (Wildman–Crippen LogP) is -2.21. The van der Waals surface area contributed by atoms with Crippen LogP contribution >= 0.6 is 11.6 Å². The number of hydrogen-bond donors (Lipinski definition) is 4. The van der Waals surface area contributed by atoms with Crippen molar-refractivity contribution in [3.8, 4) is 11.3 Å². The van der Waals surface area contributed by atoms with E-state index in [-0.39, 0.29) is 5.82 Å². The van der Waals surface area contributed by atoms with E-state index >= 15 is 0 Å². The fourth-order valence-corrected chi connectivity index (χ4v) is 2.23. The van der Waals surface area contributed by atoms with Gasteiger partial charge >= 0.3 is 5.69 Å². The molecule has 1 aromatic rings. The molecule has 1 fully saturated rings. The fraction of sp³-hybridized carbons (Fsp3) is 0.545. The maximum atomic E-state index is 11.8. The molecule has 0 saturated carbocycles. The summed E-state index contributed by atoms with van der Waals surface area (Å²) < 4.78 is 5.99. The molecule has 9 nitrogen and oxygen atoms in total. The minimum absolute atomic E-state index is 0.117. The smallest absolute Gasteiger partial charge is 0.368 e. The summed E-state index contributed by atoms with van der Waals surface area (Å²) in [5.74, 6) is 2.06. The average molecular weight is 317 g/mol. The number of ether oxygens (including phenoxy) is 1. The molecule has 0 amide bonds. The molecule has 1 saturated heterocycles. The Morgan fingerprint density at radius 3 is 2.86 bits per heavy atom. The molecule has 0 spiro atoms. The maximum absolute atomic E-state index is 11.8. The van der Waals surface area contributed by atoms with Crippen molar-refractivity contribution in [2.24, 2.45) is 0 Å². The van der Waals surface area contributed by atoms with Crippen molar-refractivity contribution in [1.82, 2.24) is 14.8 Å². The number of nitrogen functional groups attached to an aromatic ring is 1. The summed E-state index contributed by atoms with van der Waals surface area (Å²) in [7, 11) is 0. The third-order valence-corrected chi connectivity index (χ3v) is 3.20. The maximum Gasteiger partial charge on any atom is 0.368 e. The lowest BCUT2D eigenvalue weighted by Gasteiger charge is -2.25. The summed E-state index contributed by atoms with van der Waals surface area (Å²) in [6.07, 6.45) is -4.37. The molecule has 5 N–H and O–H groups in total. The normalized spacial score (nSPS) is 33.3. The molecule has 5 atom stereocenters. The lowest BCUT2D eigenvalue weighted by molar-refractivity contribution is -0.0945. The zero-order valence-corrected chi connectivity index (χ0v) is 11.6. The minimum Gasteiger partial charge on any atom is -0.391 e. The molecular weight excluding hydrogens is 304 g/mol. The highest BCUT2D eigenvalue weighted by Gasteiger charge is 2.58. The Balaban J connectivity index is 2.54. The van der Waals surface area contributed by atoms with Crippen LogP contribution in [0.3, 0.4) is 0 Å². The lowest BCUT2D eigenvalue weighted by Crippen LogP contribution is -2.49. The van der Waals surface area contributed by atoms with Crippen LogP contribution in [0.15, 0.2) is 11.0 Å². The van der Waals surface area contributed by atoms with Crippen LogP contribution in [0.4, 0.5) is 5.82 Å². The summed E-state index contributed by atoms with van der Waals surface area (Å²) >= 11 is 5.29. The van der Waals surface area contributed by atoms with Gasteiger partial charge in [0.15, 0.2) is 6.23 Å². The Morgan fingerprint density at radius 2 is 2.33 bits per heavy atom. The molecule has 1 aliphatic heterocycles. The number of aliphatic hydroxyl groups excluding tert-OH is 2. The quantitative estimate of drug-likeness (QED) is 0.450. The average Bonchev–Trinajstić information content (AvgIpc) is 2.64. The molecule has 2 rings (SSSR count). The SMILES string of the molecule is C[C@@H](O)[C@H]1O[C@@H](n2ncc(N)nc2=O)[C@@](O)(C#CCl)C1O. The van der Waals surface area contributed by atoms with Crippen LogP contribution in [0, 0.1) is 11.3 Å². The second-order valence-electron chi connectivity index (χ2n) is 4.59. The molecular formula is C11H13ClN4O5. The van der Waals surface area contributed by atoms with Gasteiger partial charge in [-0.2, -0.15) is 14.8 Å². The van der Waals surface area contributed by atoms with Gasteiger partial charge in [-0.25, -0.2) is 4.79 Å². The van der Waals surface area contributed by atoms with E-state index in [1.54, 1.807) is 0 Å². The van der Waals surface area contributed by atoms with Crippen molar-refractivity contribution in [2.45, 2.75) is 37.1 Å². The fourth-order valence-electron chi connectivity index (χ4n) is 2.08. The van der Waals surface area contributed by atoms with Crippen molar-refractivity contribution >= 4 is 17.4 Å². The van der Waals surface area contributed by atoms with Crippen molar-refractivity contribution in [1.29, 1.82) is 0 Å². The zero-order chi connectivity index (χ0) is 15.8. The number of nitrogens with two attached hydrogens (primary N) is 1. The van der Waals surface area contributed by atoms with E-state index in [9.17, 15) is 20.1 Å². The van der Waals surface area contributed by atoms with Gasteiger partial charge in [-0.15, -0.1) is 0 Å². The zero-order valence-electron chi connectivity index (χ0n) is 10.8. The van der Waals surface area contributed by atoms with Gasteiger partial charge in [0.25, 0.3) is 0 Å². The van der Waals surface area contributed by atoms with Gasteiger partial charge in [0, 0.05) is 5.38 Å². The molecule has 21 heavy (non-hydrogen) atoms. The van der Waals surface area contributed by atoms with E-state index in [0.717, 1.165) is 6.20 Å². The first-order valence-corrected chi connectivity index (χ1v) is 6.27. The first-order valence-electron chi connectivity index (χ1n) is 5.89. The van der Waals surface area contributed by atoms with Gasteiger partial charge in [-0.05, 0) is 24.4 Å². The van der Waals surface area contributed by atoms with Crippen LogP contribution < -0.4 is 11.4 Å². The van der Waals surface area contributed by atoms with Gasteiger partial charge in [-0.3, -0.25) is 0 Å². The highest BCUT2D eigenvalue weighted by Crippen LogP contribution is 2.38. The topological polar surface area (TPSA) is 144 Å². The van der Waals surface area contributed by atoms with E-state index in [4.69, 9.17) is 22.1 Å². The van der Waals surface area contributed by atoms with Crippen molar-refractivity contribution in [3.63, 3.8) is 0 Å². The van der Waals surface area contributed by atoms with Crippen LogP contribution in [0.25, 0.3) is 0 Å². The van der Waals surface area contributed by atoms with E-state index in [2.05, 4.69) is 16.0 Å². The molecule has 1 aliphatic rings. The molecule has 0 aliphatic carbocycles. The van der Waals surface area contributed by atoms with Crippen molar-refractivity contribution in [3.05, 3.63) is 16.7 Å². The van der Waals surface area contributed by atoms with Gasteiger partial charge in [-0.1, -0.05) is 0 Å². The molecule has 0 radical (unpaired) electrons. The summed E-state index contributed by atoms with van der Waals surface area (Å²) in [6.45, 7) is 1.35. The van der Waals surface area contributed by atoms with Gasteiger partial charge in [0.2, 0.25) is 5.60 Å². The number of hydrogen-bond acceptors (Lipinski definition) is 8. The first-order chi connectivity index (χ1) is 9.81. The Morgan fingerprint density at radius 1 is 1.67 bits per heavy atom. The Bertz CT molecular complexity index is 654. The molecule has 1 aromatic heterocycles. The molecule has 10 heteroatoms. The molecule has 114 valence electrons. The summed E-state index contributed by atoms with van der Waals surface area (Å²) in [6, 6.07) is 0. The Labute approximate surface area is 123 Å². The van der Waals surface area contributed by atoms with Crippen molar-refractivity contribution in [2.75, 3.05) is 5.73 Å². The van der Waals surface area contributed by atoms with Gasteiger partial charge in [0.1, 0.15) is 18.0 Å². The molecule has 1 unspecified atom stereocenters. The number of aliphatic hydroxyl groups is 3. The predicted molar refractivity (Wildman–Crippen MR) is 70.9 cm³/mol. The summed E-state index contributed by atoms with van der Waals surface area (Å²) in [4.78, 5) is 15.2. The third kappa shape index (κ3) is 2.59. The van der Waals surface area contributed by atoms with Crippen LogP contribution in [-0.4, -0.2) is 54.0 Å². The molecule has 0 aromatic carbocycles. The monoisotopic (exact) mass is 316 g/mol. The number of aromatic nitrogens is 3. The molecule has 0 bridgehead atoms. The number of rotatable bonds is 2. The standard InChI is InChI=1S/C11H13ClN4O5/c1-5(17)7-8(18)11(20,2-3-12)9(21-7)16-10(19)15-6(13)4-14-16/h4-5,7-9,17-18,20H,1H3,(H2,13,15,19)/t5-,7-,8?,9-,11-/m1/s1. The van der Waals surface area contributed by atoms with Gasteiger partial charge < -0.3 is 25.8 Å². The largest absolute Gasteiger partial charge is 0.391 e. The van der Waals surface area contributed by atoms with E-state index in [1.807, 2.05) is 5.38 Å². The Kier molecular flexibility index (Phi) is 4.18. The highest BCUT2D eigenvalue weighted by atomic mass is 35.5. The van der Waals surface area contributed by atoms with E-state index < -0.39 is 35.8 Å². The summed E-state index contributed by atoms with van der Waals surface area (Å²) in [5.41, 5.74) is 2.18. The third-order valence-electron chi connectivity index (χ3n) is 3.10. The number of nitrogens with zero attached hydrogens (tertiary/aromatic N) is 3. The highest BCUT2D eigenvalue weighted by molar-refractivity contribution is 6.30. The van der Waals surface area contributed by atoms with Crippen LogP contribution in [0.5, 0.6) is 0 Å². The Hall–Kier alpha value is -1.70. The van der Waals surface area contributed by atoms with Gasteiger partial charge in [0.05, 0.1) is 12.3 Å². The van der Waals surface area contributed by atoms with Crippen LogP contribution in [0.1, 0.15) is 13.2 Å². The minimum atomic E-state index is -2.24. The van der Waals surface area contributed by atoms with E-state index in [0.29, 0.717) is 4.68 Å². The molecule has 2 heterocycles. The number of anilines is 1. The summed E-state index contributed by atoms with van der Waals surface area (Å²) in [5, 5.41) is 35.8. The number of halogens is 1. The van der Waals surface area contributed by atoms with Crippen LogP contribution in [-0.2, 0) is 4.74 Å². The second kappa shape index (κ2) is 5.59.